The predicted molar refractivity (Wildman–Crippen MR) is 86.9 cm³/mol. The first-order valence-electron chi connectivity index (χ1n) is 7.69. The van der Waals surface area contributed by atoms with Crippen LogP contribution in [0.25, 0.3) is 10.9 Å². The Morgan fingerprint density at radius 2 is 2.14 bits per heavy atom. The second-order valence-corrected chi connectivity index (χ2v) is 5.62. The van der Waals surface area contributed by atoms with Crippen molar-refractivity contribution in [1.82, 2.24) is 9.88 Å². The second kappa shape index (κ2) is 5.83. The number of aromatic nitrogens is 1. The van der Waals surface area contributed by atoms with Gasteiger partial charge in [-0.15, -0.1) is 0 Å². The lowest BCUT2D eigenvalue weighted by Gasteiger charge is -2.18. The summed E-state index contributed by atoms with van der Waals surface area (Å²) in [5.74, 6) is 0. The third-order valence-corrected chi connectivity index (χ3v) is 4.26. The lowest BCUT2D eigenvalue weighted by atomic mass is 9.98. The van der Waals surface area contributed by atoms with E-state index in [1.165, 1.54) is 11.1 Å². The molecule has 0 unspecified atom stereocenters. The van der Waals surface area contributed by atoms with Crippen LogP contribution in [0.4, 0.5) is 10.5 Å². The SMILES string of the molecule is CCOC(=O)N1CCc2nc3ccc(N)cc3c(C)c2CC1. The summed E-state index contributed by atoms with van der Waals surface area (Å²) in [6.07, 6.45) is 1.33. The first-order valence-corrected chi connectivity index (χ1v) is 7.69. The first kappa shape index (κ1) is 14.6. The molecule has 2 heterocycles. The van der Waals surface area contributed by atoms with Crippen molar-refractivity contribution in [2.75, 3.05) is 25.4 Å². The van der Waals surface area contributed by atoms with Crippen LogP contribution in [0.5, 0.6) is 0 Å². The number of hydrogen-bond acceptors (Lipinski definition) is 4. The fourth-order valence-corrected chi connectivity index (χ4v) is 3.08. The number of rotatable bonds is 1. The zero-order valence-electron chi connectivity index (χ0n) is 13.1. The zero-order valence-corrected chi connectivity index (χ0v) is 13.1. The first-order chi connectivity index (χ1) is 10.6. The Morgan fingerprint density at radius 3 is 2.91 bits per heavy atom. The minimum atomic E-state index is -0.234. The lowest BCUT2D eigenvalue weighted by molar-refractivity contribution is 0.109. The molecule has 0 saturated carbocycles. The molecule has 0 spiro atoms. The van der Waals surface area contributed by atoms with Gasteiger partial charge in [0.2, 0.25) is 0 Å². The average Bonchev–Trinajstić information content (AvgIpc) is 2.71. The van der Waals surface area contributed by atoms with Crippen LogP contribution in [0.15, 0.2) is 18.2 Å². The Hall–Kier alpha value is -2.30. The average molecular weight is 299 g/mol. The highest BCUT2D eigenvalue weighted by atomic mass is 16.6. The number of carbonyl (C=O) groups is 1. The van der Waals surface area contributed by atoms with E-state index in [1.807, 2.05) is 25.1 Å². The molecule has 1 aromatic carbocycles. The summed E-state index contributed by atoms with van der Waals surface area (Å²) < 4.78 is 5.11. The molecule has 22 heavy (non-hydrogen) atoms. The summed E-state index contributed by atoms with van der Waals surface area (Å²) in [7, 11) is 0. The largest absolute Gasteiger partial charge is 0.450 e. The van der Waals surface area contributed by atoms with E-state index in [-0.39, 0.29) is 6.09 Å². The van der Waals surface area contributed by atoms with Gasteiger partial charge in [-0.2, -0.15) is 0 Å². The Labute approximate surface area is 130 Å². The summed E-state index contributed by atoms with van der Waals surface area (Å²) in [6.45, 7) is 5.67. The van der Waals surface area contributed by atoms with Crippen molar-refractivity contribution in [2.24, 2.45) is 0 Å². The van der Waals surface area contributed by atoms with Crippen LogP contribution in [0, 0.1) is 6.92 Å². The van der Waals surface area contributed by atoms with E-state index >= 15 is 0 Å². The van der Waals surface area contributed by atoms with E-state index in [0.29, 0.717) is 19.7 Å². The number of aryl methyl sites for hydroxylation is 1. The quantitative estimate of drug-likeness (QED) is 0.822. The Bertz CT molecular complexity index is 727. The topological polar surface area (TPSA) is 68.5 Å². The van der Waals surface area contributed by atoms with E-state index in [0.717, 1.165) is 35.1 Å². The normalized spacial score (nSPS) is 14.5. The molecular formula is C17H21N3O2. The van der Waals surface area contributed by atoms with Crippen LogP contribution in [-0.4, -0.2) is 35.7 Å². The van der Waals surface area contributed by atoms with Crippen LogP contribution >= 0.6 is 0 Å². The predicted octanol–water partition coefficient (Wildman–Crippen LogP) is 2.68. The molecule has 1 aliphatic heterocycles. The number of nitrogens with zero attached hydrogens (tertiary/aromatic N) is 2. The molecule has 5 heteroatoms. The van der Waals surface area contributed by atoms with Crippen molar-refractivity contribution >= 4 is 22.7 Å². The molecule has 116 valence electrons. The molecule has 0 fully saturated rings. The number of ether oxygens (including phenoxy) is 1. The maximum atomic E-state index is 11.9. The van der Waals surface area contributed by atoms with Crippen LogP contribution < -0.4 is 5.73 Å². The number of carbonyl (C=O) groups excluding carboxylic acids is 1. The van der Waals surface area contributed by atoms with Gasteiger partial charge in [-0.05, 0) is 49.6 Å². The molecule has 0 radical (unpaired) electrons. The third kappa shape index (κ3) is 2.58. The molecule has 0 aliphatic carbocycles. The maximum Gasteiger partial charge on any atom is 0.409 e. The Kier molecular flexibility index (Phi) is 3.88. The minimum absolute atomic E-state index is 0.234. The third-order valence-electron chi connectivity index (χ3n) is 4.26. The van der Waals surface area contributed by atoms with Gasteiger partial charge in [-0.3, -0.25) is 4.98 Å². The Balaban J connectivity index is 1.96. The zero-order chi connectivity index (χ0) is 15.7. The van der Waals surface area contributed by atoms with Crippen molar-refractivity contribution in [1.29, 1.82) is 0 Å². The van der Waals surface area contributed by atoms with Crippen molar-refractivity contribution in [3.63, 3.8) is 0 Å². The molecule has 1 aromatic heterocycles. The molecule has 2 aromatic rings. The molecule has 1 amide bonds. The summed E-state index contributed by atoms with van der Waals surface area (Å²) in [5, 5.41) is 1.10. The fraction of sp³-hybridized carbons (Fsp3) is 0.412. The van der Waals surface area contributed by atoms with Gasteiger partial charge in [-0.1, -0.05) is 0 Å². The summed E-state index contributed by atoms with van der Waals surface area (Å²) in [5.41, 5.74) is 11.2. The number of nitrogen functional groups attached to an aromatic ring is 1. The van der Waals surface area contributed by atoms with Crippen LogP contribution in [0.1, 0.15) is 23.7 Å². The van der Waals surface area contributed by atoms with E-state index < -0.39 is 0 Å². The monoisotopic (exact) mass is 299 g/mol. The second-order valence-electron chi connectivity index (χ2n) is 5.62. The van der Waals surface area contributed by atoms with E-state index in [1.54, 1.807) is 4.90 Å². The highest BCUT2D eigenvalue weighted by Gasteiger charge is 2.22. The van der Waals surface area contributed by atoms with Crippen molar-refractivity contribution in [2.45, 2.75) is 26.7 Å². The summed E-state index contributed by atoms with van der Waals surface area (Å²) >= 11 is 0. The molecule has 2 N–H and O–H groups in total. The van der Waals surface area contributed by atoms with Crippen LogP contribution in [0.3, 0.4) is 0 Å². The minimum Gasteiger partial charge on any atom is -0.450 e. The van der Waals surface area contributed by atoms with Gasteiger partial charge in [0.1, 0.15) is 0 Å². The number of fused-ring (bicyclic) bond motifs is 2. The van der Waals surface area contributed by atoms with Gasteiger partial charge in [0.05, 0.1) is 12.1 Å². The number of anilines is 1. The molecule has 5 nitrogen and oxygen atoms in total. The fourth-order valence-electron chi connectivity index (χ4n) is 3.08. The molecule has 0 atom stereocenters. The van der Waals surface area contributed by atoms with Crippen molar-refractivity contribution in [3.8, 4) is 0 Å². The van der Waals surface area contributed by atoms with E-state index in [9.17, 15) is 4.79 Å². The van der Waals surface area contributed by atoms with E-state index in [2.05, 4.69) is 6.92 Å². The maximum absolute atomic E-state index is 11.9. The van der Waals surface area contributed by atoms with Gasteiger partial charge in [0.15, 0.2) is 0 Å². The lowest BCUT2D eigenvalue weighted by Crippen LogP contribution is -2.33. The van der Waals surface area contributed by atoms with Crippen LogP contribution in [-0.2, 0) is 17.6 Å². The van der Waals surface area contributed by atoms with E-state index in [4.69, 9.17) is 15.5 Å². The highest BCUT2D eigenvalue weighted by Crippen LogP contribution is 2.27. The summed E-state index contributed by atoms with van der Waals surface area (Å²) in [4.78, 5) is 18.5. The number of hydrogen-bond donors (Lipinski definition) is 1. The molecule has 0 saturated heterocycles. The molecular weight excluding hydrogens is 278 g/mol. The summed E-state index contributed by atoms with van der Waals surface area (Å²) in [6, 6.07) is 5.82. The smallest absolute Gasteiger partial charge is 0.409 e. The van der Waals surface area contributed by atoms with Gasteiger partial charge >= 0.3 is 6.09 Å². The number of amides is 1. The van der Waals surface area contributed by atoms with Gasteiger partial charge < -0.3 is 15.4 Å². The Morgan fingerprint density at radius 1 is 1.36 bits per heavy atom. The van der Waals surface area contributed by atoms with Gasteiger partial charge in [-0.25, -0.2) is 4.79 Å². The molecule has 1 aliphatic rings. The number of pyridine rings is 1. The van der Waals surface area contributed by atoms with Crippen molar-refractivity contribution < 1.29 is 9.53 Å². The number of benzene rings is 1. The van der Waals surface area contributed by atoms with Gasteiger partial charge in [0.25, 0.3) is 0 Å². The molecule has 0 bridgehead atoms. The van der Waals surface area contributed by atoms with Crippen LogP contribution in [0.2, 0.25) is 0 Å². The van der Waals surface area contributed by atoms with Gasteiger partial charge in [0, 0.05) is 36.3 Å². The highest BCUT2D eigenvalue weighted by molar-refractivity contribution is 5.86. The number of nitrogens with two attached hydrogens (primary N) is 1. The molecule has 3 rings (SSSR count). The standard InChI is InChI=1S/C17H21N3O2/c1-3-22-17(21)20-8-6-13-11(2)14-10-12(18)4-5-15(14)19-16(13)7-9-20/h4-5,10H,3,6-9,18H2,1-2H3. The van der Waals surface area contributed by atoms with Crippen molar-refractivity contribution in [3.05, 3.63) is 35.0 Å².